The maximum atomic E-state index is 13.9. The molecule has 1 aliphatic carbocycles. The fourth-order valence-electron chi connectivity index (χ4n) is 3.47. The number of amides is 1. The average molecular weight is 353 g/mol. The highest BCUT2D eigenvalue weighted by Crippen LogP contribution is 2.30. The molecule has 1 amide bonds. The lowest BCUT2D eigenvalue weighted by Crippen LogP contribution is -2.20. The normalized spacial score (nSPS) is 15.1. The minimum atomic E-state index is -0.385. The molecule has 2 aromatic heterocycles. The van der Waals surface area contributed by atoms with E-state index >= 15 is 0 Å². The molecule has 5 nitrogen and oxygen atoms in total. The van der Waals surface area contributed by atoms with E-state index in [1.165, 1.54) is 25.3 Å². The zero-order chi connectivity index (χ0) is 17.9. The quantitative estimate of drug-likeness (QED) is 0.715. The Labute approximate surface area is 150 Å². The summed E-state index contributed by atoms with van der Waals surface area (Å²) in [7, 11) is 0. The maximum absolute atomic E-state index is 13.9. The summed E-state index contributed by atoms with van der Waals surface area (Å²) in [5, 5.41) is 7.23. The van der Waals surface area contributed by atoms with Crippen LogP contribution in [0.15, 0.2) is 53.1 Å². The molecule has 1 aliphatic rings. The van der Waals surface area contributed by atoms with Crippen LogP contribution in [0.4, 0.5) is 10.2 Å². The predicted octanol–water partition coefficient (Wildman–Crippen LogP) is 5.04. The van der Waals surface area contributed by atoms with E-state index in [0.717, 1.165) is 12.8 Å². The van der Waals surface area contributed by atoms with Crippen molar-refractivity contribution < 1.29 is 13.6 Å². The maximum Gasteiger partial charge on any atom is 0.292 e. The molecule has 3 aromatic rings. The Morgan fingerprint density at radius 2 is 1.92 bits per heavy atom. The second-order valence-electron chi connectivity index (χ2n) is 6.55. The lowest BCUT2D eigenvalue weighted by atomic mass is 9.96. The Kier molecular flexibility index (Phi) is 4.56. The van der Waals surface area contributed by atoms with Crippen molar-refractivity contribution in [3.8, 4) is 11.3 Å². The first-order valence-corrected chi connectivity index (χ1v) is 8.92. The van der Waals surface area contributed by atoms with Crippen molar-refractivity contribution in [1.29, 1.82) is 0 Å². The average Bonchev–Trinajstić information content (AvgIpc) is 3.32. The van der Waals surface area contributed by atoms with Gasteiger partial charge in [-0.25, -0.2) is 9.07 Å². The van der Waals surface area contributed by atoms with Gasteiger partial charge in [-0.3, -0.25) is 4.79 Å². The minimum absolute atomic E-state index is 0.139. The molecule has 134 valence electrons. The van der Waals surface area contributed by atoms with Gasteiger partial charge in [-0.1, -0.05) is 31.4 Å². The molecule has 1 N–H and O–H groups in total. The first-order chi connectivity index (χ1) is 12.7. The lowest BCUT2D eigenvalue weighted by Gasteiger charge is -2.23. The first-order valence-electron chi connectivity index (χ1n) is 8.92. The summed E-state index contributed by atoms with van der Waals surface area (Å²) >= 11 is 0. The smallest absolute Gasteiger partial charge is 0.292 e. The summed E-state index contributed by atoms with van der Waals surface area (Å²) in [5.74, 6) is 0.369. The van der Waals surface area contributed by atoms with Crippen molar-refractivity contribution in [2.75, 3.05) is 5.32 Å². The topological polar surface area (TPSA) is 60.1 Å². The molecule has 2 heterocycles. The monoisotopic (exact) mass is 353 g/mol. The molecule has 6 heteroatoms. The van der Waals surface area contributed by atoms with Gasteiger partial charge >= 0.3 is 0 Å². The predicted molar refractivity (Wildman–Crippen MR) is 96.4 cm³/mol. The number of nitrogens with zero attached hydrogens (tertiary/aromatic N) is 2. The zero-order valence-electron chi connectivity index (χ0n) is 14.3. The number of hydrogen-bond donors (Lipinski definition) is 1. The van der Waals surface area contributed by atoms with E-state index in [1.54, 1.807) is 42.6 Å². The van der Waals surface area contributed by atoms with Crippen molar-refractivity contribution >= 4 is 11.7 Å². The fraction of sp³-hybridized carbons (Fsp3) is 0.300. The second kappa shape index (κ2) is 7.15. The van der Waals surface area contributed by atoms with Gasteiger partial charge in [-0.2, -0.15) is 5.10 Å². The first kappa shape index (κ1) is 16.6. The number of carbonyl (C=O) groups is 1. The molecule has 0 aliphatic heterocycles. The van der Waals surface area contributed by atoms with E-state index in [2.05, 4.69) is 10.4 Å². The van der Waals surface area contributed by atoms with Gasteiger partial charge in [0, 0.05) is 6.07 Å². The molecule has 4 rings (SSSR count). The van der Waals surface area contributed by atoms with Crippen LogP contribution < -0.4 is 5.32 Å². The third-order valence-corrected chi connectivity index (χ3v) is 4.80. The number of rotatable bonds is 4. The summed E-state index contributed by atoms with van der Waals surface area (Å²) in [5.41, 5.74) is 0.332. The van der Waals surface area contributed by atoms with Crippen LogP contribution in [0.3, 0.4) is 0 Å². The molecule has 0 spiro atoms. The van der Waals surface area contributed by atoms with E-state index in [9.17, 15) is 9.18 Å². The fourth-order valence-corrected chi connectivity index (χ4v) is 3.47. The standard InChI is InChI=1S/C20H20FN3O2/c21-16-9-5-4-8-15(16)17-10-11-18(26-17)20(25)23-19-12-13-22-24(19)14-6-2-1-3-7-14/h4-5,8-14H,1-3,6-7H2,(H,23,25). The molecule has 0 saturated heterocycles. The van der Waals surface area contributed by atoms with Crippen LogP contribution in [0, 0.1) is 5.82 Å². The van der Waals surface area contributed by atoms with Crippen LogP contribution in [0.5, 0.6) is 0 Å². The number of hydrogen-bond acceptors (Lipinski definition) is 3. The Morgan fingerprint density at radius 3 is 2.73 bits per heavy atom. The lowest BCUT2D eigenvalue weighted by molar-refractivity contribution is 0.0996. The Morgan fingerprint density at radius 1 is 1.12 bits per heavy atom. The number of furan rings is 1. The van der Waals surface area contributed by atoms with Crippen molar-refractivity contribution in [3.63, 3.8) is 0 Å². The zero-order valence-corrected chi connectivity index (χ0v) is 14.3. The van der Waals surface area contributed by atoms with Crippen LogP contribution in [0.25, 0.3) is 11.3 Å². The number of aromatic nitrogens is 2. The molecule has 1 fully saturated rings. The van der Waals surface area contributed by atoms with Crippen LogP contribution >= 0.6 is 0 Å². The SMILES string of the molecule is O=C(Nc1ccnn1C1CCCCC1)c1ccc(-c2ccccc2F)o1. The highest BCUT2D eigenvalue weighted by molar-refractivity contribution is 6.02. The summed E-state index contributed by atoms with van der Waals surface area (Å²) in [4.78, 5) is 12.5. The van der Waals surface area contributed by atoms with Crippen LogP contribution in [0.1, 0.15) is 48.7 Å². The number of anilines is 1. The third-order valence-electron chi connectivity index (χ3n) is 4.80. The Balaban J connectivity index is 1.51. The van der Waals surface area contributed by atoms with Crippen LogP contribution in [-0.4, -0.2) is 15.7 Å². The van der Waals surface area contributed by atoms with Crippen LogP contribution in [0.2, 0.25) is 0 Å². The summed E-state index contributed by atoms with van der Waals surface area (Å²) in [6.07, 6.45) is 7.46. The van der Waals surface area contributed by atoms with Gasteiger partial charge in [0.1, 0.15) is 17.4 Å². The molecule has 0 atom stereocenters. The molecular weight excluding hydrogens is 333 g/mol. The number of nitrogens with one attached hydrogen (secondary N) is 1. The number of benzene rings is 1. The molecule has 0 bridgehead atoms. The van der Waals surface area contributed by atoms with Crippen LogP contribution in [-0.2, 0) is 0 Å². The van der Waals surface area contributed by atoms with Gasteiger partial charge < -0.3 is 9.73 Å². The number of carbonyl (C=O) groups excluding carboxylic acids is 1. The Hall–Kier alpha value is -2.89. The van der Waals surface area contributed by atoms with E-state index < -0.39 is 0 Å². The summed E-state index contributed by atoms with van der Waals surface area (Å²) in [6, 6.07) is 11.6. The van der Waals surface area contributed by atoms with Crippen molar-refractivity contribution in [2.24, 2.45) is 0 Å². The number of halogens is 1. The van der Waals surface area contributed by atoms with Gasteiger partial charge in [0.15, 0.2) is 5.76 Å². The third kappa shape index (κ3) is 3.27. The van der Waals surface area contributed by atoms with Gasteiger partial charge in [-0.05, 0) is 37.1 Å². The largest absolute Gasteiger partial charge is 0.451 e. The van der Waals surface area contributed by atoms with E-state index in [1.807, 2.05) is 4.68 Å². The van der Waals surface area contributed by atoms with E-state index in [4.69, 9.17) is 4.42 Å². The van der Waals surface area contributed by atoms with Crippen molar-refractivity contribution in [2.45, 2.75) is 38.1 Å². The summed E-state index contributed by atoms with van der Waals surface area (Å²) in [6.45, 7) is 0. The van der Waals surface area contributed by atoms with Crippen molar-refractivity contribution in [3.05, 3.63) is 60.2 Å². The van der Waals surface area contributed by atoms with Crippen molar-refractivity contribution in [1.82, 2.24) is 9.78 Å². The molecule has 0 radical (unpaired) electrons. The van der Waals surface area contributed by atoms with Gasteiger partial charge in [0.25, 0.3) is 5.91 Å². The molecule has 0 unspecified atom stereocenters. The highest BCUT2D eigenvalue weighted by Gasteiger charge is 2.21. The van der Waals surface area contributed by atoms with E-state index in [0.29, 0.717) is 23.2 Å². The van der Waals surface area contributed by atoms with Gasteiger partial charge in [0.2, 0.25) is 0 Å². The minimum Gasteiger partial charge on any atom is -0.451 e. The molecule has 1 aromatic carbocycles. The molecular formula is C20H20FN3O2. The van der Waals surface area contributed by atoms with Gasteiger partial charge in [0.05, 0.1) is 17.8 Å². The molecule has 1 saturated carbocycles. The van der Waals surface area contributed by atoms with Gasteiger partial charge in [-0.15, -0.1) is 0 Å². The summed E-state index contributed by atoms with van der Waals surface area (Å²) < 4.78 is 21.3. The van der Waals surface area contributed by atoms with E-state index in [-0.39, 0.29) is 17.5 Å². The molecule has 26 heavy (non-hydrogen) atoms. The Bertz CT molecular complexity index is 909. The highest BCUT2D eigenvalue weighted by atomic mass is 19.1. The second-order valence-corrected chi connectivity index (χ2v) is 6.55.